The summed E-state index contributed by atoms with van der Waals surface area (Å²) < 4.78 is 0. The Kier molecular flexibility index (Phi) is 3.36. The van der Waals surface area contributed by atoms with Crippen molar-refractivity contribution in [2.45, 2.75) is 58.6 Å². The van der Waals surface area contributed by atoms with Crippen LogP contribution in [0.2, 0.25) is 0 Å². The Bertz CT molecular complexity index is 167. The van der Waals surface area contributed by atoms with E-state index in [4.69, 9.17) is 5.73 Å². The lowest BCUT2D eigenvalue weighted by molar-refractivity contribution is 0.0438. The number of hydrogen-bond donors (Lipinski definition) is 2. The van der Waals surface area contributed by atoms with E-state index in [-0.39, 0.29) is 17.6 Å². The first kappa shape index (κ1) is 11.0. The Morgan fingerprint density at radius 3 is 2.46 bits per heavy atom. The molecule has 78 valence electrons. The fourth-order valence-electron chi connectivity index (χ4n) is 2.49. The number of aliphatic hydroxyl groups excluding tert-OH is 1. The molecule has 2 nitrogen and oxygen atoms in total. The van der Waals surface area contributed by atoms with E-state index in [9.17, 15) is 5.11 Å². The second kappa shape index (κ2) is 3.97. The van der Waals surface area contributed by atoms with Gasteiger partial charge in [-0.15, -0.1) is 0 Å². The number of unbranched alkanes of at least 4 members (excludes halogenated alkanes) is 1. The van der Waals surface area contributed by atoms with E-state index in [1.165, 1.54) is 19.3 Å². The summed E-state index contributed by atoms with van der Waals surface area (Å²) in [4.78, 5) is 0. The van der Waals surface area contributed by atoms with Crippen molar-refractivity contribution in [3.63, 3.8) is 0 Å². The molecular formula is C11H23NO. The molecule has 0 aromatic heterocycles. The van der Waals surface area contributed by atoms with Crippen molar-refractivity contribution in [3.8, 4) is 0 Å². The minimum Gasteiger partial charge on any atom is -0.391 e. The lowest BCUT2D eigenvalue weighted by Gasteiger charge is -2.30. The molecule has 0 aromatic rings. The summed E-state index contributed by atoms with van der Waals surface area (Å²) >= 11 is 0. The fraction of sp³-hybridized carbons (Fsp3) is 1.00. The first-order valence-corrected chi connectivity index (χ1v) is 5.43. The van der Waals surface area contributed by atoms with Gasteiger partial charge in [-0.3, -0.25) is 0 Å². The van der Waals surface area contributed by atoms with Gasteiger partial charge in [-0.05, 0) is 24.2 Å². The van der Waals surface area contributed by atoms with Crippen LogP contribution in [-0.2, 0) is 0 Å². The molecule has 13 heavy (non-hydrogen) atoms. The molecule has 1 fully saturated rings. The zero-order chi connectivity index (χ0) is 10.1. The van der Waals surface area contributed by atoms with Crippen LogP contribution >= 0.6 is 0 Å². The third kappa shape index (κ3) is 2.05. The van der Waals surface area contributed by atoms with Crippen molar-refractivity contribution < 1.29 is 5.11 Å². The predicted octanol–water partition coefficient (Wildman–Crippen LogP) is 1.91. The van der Waals surface area contributed by atoms with Crippen molar-refractivity contribution in [1.82, 2.24) is 0 Å². The Labute approximate surface area is 81.5 Å². The summed E-state index contributed by atoms with van der Waals surface area (Å²) in [6.45, 7) is 6.49. The average Bonchev–Trinajstić information content (AvgIpc) is 2.26. The van der Waals surface area contributed by atoms with Crippen molar-refractivity contribution in [2.24, 2.45) is 17.1 Å². The van der Waals surface area contributed by atoms with Crippen LogP contribution in [0.4, 0.5) is 0 Å². The summed E-state index contributed by atoms with van der Waals surface area (Å²) in [5.41, 5.74) is 5.89. The molecular weight excluding hydrogens is 162 g/mol. The van der Waals surface area contributed by atoms with Gasteiger partial charge in [0, 0.05) is 6.04 Å². The molecule has 0 aliphatic heterocycles. The van der Waals surface area contributed by atoms with E-state index in [0.717, 1.165) is 6.42 Å². The maximum Gasteiger partial charge on any atom is 0.0744 e. The SMILES string of the molecule is CCCCC1CC(N)C(O)C1(C)C. The molecule has 3 unspecified atom stereocenters. The highest BCUT2D eigenvalue weighted by molar-refractivity contribution is 4.99. The van der Waals surface area contributed by atoms with Crippen LogP contribution in [-0.4, -0.2) is 17.3 Å². The molecule has 2 heteroatoms. The molecule has 1 aliphatic carbocycles. The first-order chi connectivity index (χ1) is 6.00. The van der Waals surface area contributed by atoms with E-state index in [0.29, 0.717) is 5.92 Å². The van der Waals surface area contributed by atoms with Gasteiger partial charge in [-0.2, -0.15) is 0 Å². The van der Waals surface area contributed by atoms with E-state index in [1.54, 1.807) is 0 Å². The molecule has 1 aliphatic rings. The molecule has 0 bridgehead atoms. The molecule has 0 amide bonds. The van der Waals surface area contributed by atoms with Gasteiger partial charge in [0.2, 0.25) is 0 Å². The van der Waals surface area contributed by atoms with Gasteiger partial charge in [0.15, 0.2) is 0 Å². The van der Waals surface area contributed by atoms with Crippen molar-refractivity contribution >= 4 is 0 Å². The van der Waals surface area contributed by atoms with Crippen molar-refractivity contribution in [1.29, 1.82) is 0 Å². The van der Waals surface area contributed by atoms with Crippen LogP contribution in [0.3, 0.4) is 0 Å². The maximum absolute atomic E-state index is 9.87. The molecule has 0 aromatic carbocycles. The summed E-state index contributed by atoms with van der Waals surface area (Å²) in [5.74, 6) is 0.609. The highest BCUT2D eigenvalue weighted by Crippen LogP contribution is 2.44. The van der Waals surface area contributed by atoms with E-state index in [2.05, 4.69) is 20.8 Å². The standard InChI is InChI=1S/C11H23NO/c1-4-5-6-8-7-9(12)10(13)11(8,2)3/h8-10,13H,4-7,12H2,1-3H3. The zero-order valence-corrected chi connectivity index (χ0v) is 9.09. The Morgan fingerprint density at radius 2 is 2.08 bits per heavy atom. The van der Waals surface area contributed by atoms with Crippen molar-refractivity contribution in [2.75, 3.05) is 0 Å². The largest absolute Gasteiger partial charge is 0.391 e. The summed E-state index contributed by atoms with van der Waals surface area (Å²) in [7, 11) is 0. The average molecular weight is 185 g/mol. The number of nitrogens with two attached hydrogens (primary N) is 1. The van der Waals surface area contributed by atoms with Crippen LogP contribution in [0.5, 0.6) is 0 Å². The minimum atomic E-state index is -0.311. The van der Waals surface area contributed by atoms with E-state index in [1.807, 2.05) is 0 Å². The molecule has 0 radical (unpaired) electrons. The van der Waals surface area contributed by atoms with Crippen molar-refractivity contribution in [3.05, 3.63) is 0 Å². The summed E-state index contributed by atoms with van der Waals surface area (Å²) in [6.07, 6.45) is 4.39. The normalized spacial score (nSPS) is 38.1. The van der Waals surface area contributed by atoms with Gasteiger partial charge in [0.1, 0.15) is 0 Å². The van der Waals surface area contributed by atoms with Crippen LogP contribution in [0.1, 0.15) is 46.5 Å². The number of hydrogen-bond acceptors (Lipinski definition) is 2. The highest BCUT2D eigenvalue weighted by Gasteiger charge is 2.46. The van der Waals surface area contributed by atoms with Gasteiger partial charge >= 0.3 is 0 Å². The third-order valence-corrected chi connectivity index (χ3v) is 3.68. The molecule has 1 rings (SSSR count). The quantitative estimate of drug-likeness (QED) is 0.705. The fourth-order valence-corrected chi connectivity index (χ4v) is 2.49. The lowest BCUT2D eigenvalue weighted by Crippen LogP contribution is -2.37. The van der Waals surface area contributed by atoms with Gasteiger partial charge in [0.05, 0.1) is 6.10 Å². The van der Waals surface area contributed by atoms with Gasteiger partial charge in [0.25, 0.3) is 0 Å². The molecule has 0 spiro atoms. The predicted molar refractivity (Wildman–Crippen MR) is 55.4 cm³/mol. The summed E-state index contributed by atoms with van der Waals surface area (Å²) in [5, 5.41) is 9.87. The second-order valence-electron chi connectivity index (χ2n) is 5.00. The molecule has 3 atom stereocenters. The first-order valence-electron chi connectivity index (χ1n) is 5.43. The maximum atomic E-state index is 9.87. The van der Waals surface area contributed by atoms with Crippen LogP contribution < -0.4 is 5.73 Å². The Hall–Kier alpha value is -0.0800. The minimum absolute atomic E-state index is 0.00291. The summed E-state index contributed by atoms with van der Waals surface area (Å²) in [6, 6.07) is -0.00291. The van der Waals surface area contributed by atoms with Gasteiger partial charge in [-0.25, -0.2) is 0 Å². The second-order valence-corrected chi connectivity index (χ2v) is 5.00. The molecule has 0 heterocycles. The molecule has 1 saturated carbocycles. The number of aliphatic hydroxyl groups is 1. The van der Waals surface area contributed by atoms with Gasteiger partial charge in [-0.1, -0.05) is 33.6 Å². The zero-order valence-electron chi connectivity index (χ0n) is 9.09. The third-order valence-electron chi connectivity index (χ3n) is 3.68. The Balaban J connectivity index is 2.56. The van der Waals surface area contributed by atoms with Crippen LogP contribution in [0, 0.1) is 11.3 Å². The van der Waals surface area contributed by atoms with Crippen LogP contribution in [0.15, 0.2) is 0 Å². The number of rotatable bonds is 3. The van der Waals surface area contributed by atoms with Gasteiger partial charge < -0.3 is 10.8 Å². The van der Waals surface area contributed by atoms with E-state index >= 15 is 0 Å². The monoisotopic (exact) mass is 185 g/mol. The topological polar surface area (TPSA) is 46.2 Å². The smallest absolute Gasteiger partial charge is 0.0744 e. The van der Waals surface area contributed by atoms with Crippen LogP contribution in [0.25, 0.3) is 0 Å². The molecule has 0 saturated heterocycles. The lowest BCUT2D eigenvalue weighted by atomic mass is 9.78. The molecule has 3 N–H and O–H groups in total. The Morgan fingerprint density at radius 1 is 1.46 bits per heavy atom. The highest BCUT2D eigenvalue weighted by atomic mass is 16.3. The van der Waals surface area contributed by atoms with E-state index < -0.39 is 0 Å².